The van der Waals surface area contributed by atoms with Gasteiger partial charge in [0, 0.05) is 24.6 Å². The molecule has 1 N–H and O–H groups in total. The summed E-state index contributed by atoms with van der Waals surface area (Å²) in [5.74, 6) is 1.51. The average molecular weight is 505 g/mol. The first-order valence-electron chi connectivity index (χ1n) is 12.3. The maximum Gasteiger partial charge on any atom is 0.262 e. The number of ether oxygens (including phenoxy) is 3. The number of piperidine rings is 1. The first-order chi connectivity index (χ1) is 18.0. The minimum atomic E-state index is -0.276. The van der Waals surface area contributed by atoms with E-state index in [0.717, 1.165) is 24.0 Å². The highest BCUT2D eigenvalue weighted by Crippen LogP contribution is 2.41. The maximum atomic E-state index is 13.7. The van der Waals surface area contributed by atoms with Crippen molar-refractivity contribution in [2.75, 3.05) is 39.2 Å². The predicted octanol–water partition coefficient (Wildman–Crippen LogP) is 4.86. The highest BCUT2D eigenvalue weighted by atomic mass is 19.1. The highest BCUT2D eigenvalue weighted by Gasteiger charge is 2.32. The molecule has 37 heavy (non-hydrogen) atoms. The Kier molecular flexibility index (Phi) is 6.99. The lowest BCUT2D eigenvalue weighted by Crippen LogP contribution is -2.40. The molecule has 5 rings (SSSR count). The van der Waals surface area contributed by atoms with Crippen LogP contribution in [0.4, 0.5) is 10.1 Å². The van der Waals surface area contributed by atoms with Gasteiger partial charge >= 0.3 is 0 Å². The standard InChI is InChI=1S/C29H29FN2O5/c1-35-25-10-5-20(16-26(25)36-2)28(18-3-7-22(30)8-4-18)19-11-13-32(14-12-19)29(34)21-6-9-24-23(15-21)31-27(33)17-37-24/h3-10,15-16,19,28H,11-14,17H2,1-2H3,(H,31,33)/t28-/m1/s1. The molecule has 192 valence electrons. The van der Waals surface area contributed by atoms with Crippen molar-refractivity contribution in [2.24, 2.45) is 5.92 Å². The van der Waals surface area contributed by atoms with Crippen LogP contribution in [-0.4, -0.2) is 50.6 Å². The second kappa shape index (κ2) is 10.5. The van der Waals surface area contributed by atoms with Gasteiger partial charge in [-0.15, -0.1) is 0 Å². The fourth-order valence-electron chi connectivity index (χ4n) is 5.29. The van der Waals surface area contributed by atoms with Crippen LogP contribution in [0.15, 0.2) is 60.7 Å². The van der Waals surface area contributed by atoms with Crippen LogP contribution >= 0.6 is 0 Å². The summed E-state index contributed by atoms with van der Waals surface area (Å²) < 4.78 is 30.1. The number of nitrogens with zero attached hydrogens (tertiary/aromatic N) is 1. The fraction of sp³-hybridized carbons (Fsp3) is 0.310. The zero-order valence-electron chi connectivity index (χ0n) is 20.8. The summed E-state index contributed by atoms with van der Waals surface area (Å²) in [5, 5.41) is 2.76. The van der Waals surface area contributed by atoms with E-state index in [2.05, 4.69) is 5.32 Å². The van der Waals surface area contributed by atoms with Crippen LogP contribution in [0.3, 0.4) is 0 Å². The van der Waals surface area contributed by atoms with Crippen molar-refractivity contribution >= 4 is 17.5 Å². The van der Waals surface area contributed by atoms with E-state index < -0.39 is 0 Å². The number of rotatable bonds is 6. The van der Waals surface area contributed by atoms with Crippen molar-refractivity contribution in [2.45, 2.75) is 18.8 Å². The third-order valence-electron chi connectivity index (χ3n) is 7.15. The molecule has 3 aromatic rings. The first kappa shape index (κ1) is 24.6. The third-order valence-corrected chi connectivity index (χ3v) is 7.15. The van der Waals surface area contributed by atoms with Crippen molar-refractivity contribution < 1.29 is 28.2 Å². The molecule has 7 nitrogen and oxygen atoms in total. The Morgan fingerprint density at radius 2 is 1.68 bits per heavy atom. The lowest BCUT2D eigenvalue weighted by Gasteiger charge is -2.37. The molecule has 2 aliphatic rings. The number of methoxy groups -OCH3 is 2. The van der Waals surface area contributed by atoms with E-state index in [9.17, 15) is 14.0 Å². The number of halogens is 1. The quantitative estimate of drug-likeness (QED) is 0.519. The summed E-state index contributed by atoms with van der Waals surface area (Å²) in [6.45, 7) is 1.16. The molecule has 0 radical (unpaired) electrons. The second-order valence-electron chi connectivity index (χ2n) is 9.32. The fourth-order valence-corrected chi connectivity index (χ4v) is 5.29. The summed E-state index contributed by atoms with van der Waals surface area (Å²) in [6, 6.07) is 17.7. The van der Waals surface area contributed by atoms with Gasteiger partial charge in [0.25, 0.3) is 11.8 Å². The van der Waals surface area contributed by atoms with Crippen LogP contribution < -0.4 is 19.5 Å². The second-order valence-corrected chi connectivity index (χ2v) is 9.32. The van der Waals surface area contributed by atoms with Crippen molar-refractivity contribution in [3.63, 3.8) is 0 Å². The Bertz CT molecular complexity index is 1300. The molecular formula is C29H29FN2O5. The summed E-state index contributed by atoms with van der Waals surface area (Å²) in [5.41, 5.74) is 3.10. The molecule has 1 saturated heterocycles. The molecule has 0 saturated carbocycles. The van der Waals surface area contributed by atoms with E-state index in [1.165, 1.54) is 12.1 Å². The number of hydrogen-bond donors (Lipinski definition) is 1. The van der Waals surface area contributed by atoms with Crippen molar-refractivity contribution in [3.8, 4) is 17.2 Å². The van der Waals surface area contributed by atoms with E-state index in [0.29, 0.717) is 41.6 Å². The molecule has 1 fully saturated rings. The molecule has 2 aliphatic heterocycles. The number of anilines is 1. The lowest BCUT2D eigenvalue weighted by molar-refractivity contribution is -0.118. The number of carbonyl (C=O) groups is 2. The van der Waals surface area contributed by atoms with E-state index in [1.54, 1.807) is 32.4 Å². The number of fused-ring (bicyclic) bond motifs is 1. The molecule has 8 heteroatoms. The third kappa shape index (κ3) is 5.09. The summed E-state index contributed by atoms with van der Waals surface area (Å²) >= 11 is 0. The van der Waals surface area contributed by atoms with Crippen LogP contribution in [0.2, 0.25) is 0 Å². The molecule has 0 spiro atoms. The molecule has 0 aliphatic carbocycles. The molecule has 1 atom stereocenters. The van der Waals surface area contributed by atoms with Gasteiger partial charge in [-0.2, -0.15) is 0 Å². The molecule has 3 aromatic carbocycles. The van der Waals surface area contributed by atoms with Gasteiger partial charge in [-0.3, -0.25) is 9.59 Å². The predicted molar refractivity (Wildman–Crippen MR) is 137 cm³/mol. The lowest BCUT2D eigenvalue weighted by atomic mass is 9.76. The van der Waals surface area contributed by atoms with Gasteiger partial charge in [0.1, 0.15) is 11.6 Å². The molecule has 0 unspecified atom stereocenters. The van der Waals surface area contributed by atoms with E-state index in [-0.39, 0.29) is 36.1 Å². The molecule has 2 amide bonds. The van der Waals surface area contributed by atoms with Gasteiger partial charge in [-0.05, 0) is 72.4 Å². The molecule has 0 aromatic heterocycles. The summed E-state index contributed by atoms with van der Waals surface area (Å²) in [4.78, 5) is 26.8. The Balaban J connectivity index is 1.36. The van der Waals surface area contributed by atoms with E-state index in [4.69, 9.17) is 14.2 Å². The van der Waals surface area contributed by atoms with Crippen molar-refractivity contribution in [1.29, 1.82) is 0 Å². The number of carbonyl (C=O) groups excluding carboxylic acids is 2. The Morgan fingerprint density at radius 3 is 2.38 bits per heavy atom. The zero-order chi connectivity index (χ0) is 25.9. The number of amides is 2. The van der Waals surface area contributed by atoms with Crippen LogP contribution in [0.5, 0.6) is 17.2 Å². The monoisotopic (exact) mass is 504 g/mol. The number of nitrogens with one attached hydrogen (secondary N) is 1. The van der Waals surface area contributed by atoms with Crippen LogP contribution in [-0.2, 0) is 4.79 Å². The summed E-state index contributed by atoms with van der Waals surface area (Å²) in [6.07, 6.45) is 1.57. The summed E-state index contributed by atoms with van der Waals surface area (Å²) in [7, 11) is 3.21. The minimum absolute atomic E-state index is 0.00811. The van der Waals surface area contributed by atoms with E-state index in [1.807, 2.05) is 35.2 Å². The molecule has 0 bridgehead atoms. The Hall–Kier alpha value is -4.07. The number of benzene rings is 3. The van der Waals surface area contributed by atoms with Crippen LogP contribution in [0.1, 0.15) is 40.2 Å². The number of likely N-dealkylation sites (tertiary alicyclic amines) is 1. The normalized spacial score (nSPS) is 16.3. The Labute approximate surface area is 215 Å². The Morgan fingerprint density at radius 1 is 0.973 bits per heavy atom. The van der Waals surface area contributed by atoms with Gasteiger partial charge < -0.3 is 24.4 Å². The topological polar surface area (TPSA) is 77.1 Å². The van der Waals surface area contributed by atoms with Gasteiger partial charge in [-0.25, -0.2) is 4.39 Å². The largest absolute Gasteiger partial charge is 0.493 e. The highest BCUT2D eigenvalue weighted by molar-refractivity contribution is 5.99. The van der Waals surface area contributed by atoms with Gasteiger partial charge in [-0.1, -0.05) is 18.2 Å². The smallest absolute Gasteiger partial charge is 0.262 e. The molecular weight excluding hydrogens is 475 g/mol. The van der Waals surface area contributed by atoms with Crippen LogP contribution in [0, 0.1) is 11.7 Å². The minimum Gasteiger partial charge on any atom is -0.493 e. The SMILES string of the molecule is COc1ccc([C@H](c2ccc(F)cc2)C2CCN(C(=O)c3ccc4c(c3)NC(=O)CO4)CC2)cc1OC. The maximum absolute atomic E-state index is 13.7. The van der Waals surface area contributed by atoms with Gasteiger partial charge in [0.2, 0.25) is 0 Å². The van der Waals surface area contributed by atoms with Gasteiger partial charge in [0.15, 0.2) is 18.1 Å². The van der Waals surface area contributed by atoms with Gasteiger partial charge in [0.05, 0.1) is 19.9 Å². The number of hydrogen-bond acceptors (Lipinski definition) is 5. The van der Waals surface area contributed by atoms with Crippen molar-refractivity contribution in [3.05, 3.63) is 83.2 Å². The van der Waals surface area contributed by atoms with E-state index >= 15 is 0 Å². The first-order valence-corrected chi connectivity index (χ1v) is 12.3. The van der Waals surface area contributed by atoms with Crippen LogP contribution in [0.25, 0.3) is 0 Å². The molecule has 2 heterocycles. The zero-order valence-corrected chi connectivity index (χ0v) is 20.8. The average Bonchev–Trinajstić information content (AvgIpc) is 2.93. The van der Waals surface area contributed by atoms with Crippen molar-refractivity contribution in [1.82, 2.24) is 4.90 Å².